The highest BCUT2D eigenvalue weighted by atomic mass is 19.2. The van der Waals surface area contributed by atoms with Crippen molar-refractivity contribution in [3.8, 4) is 5.75 Å². The van der Waals surface area contributed by atoms with Gasteiger partial charge in [0.25, 0.3) is 0 Å². The molecule has 1 aromatic rings. The first-order chi connectivity index (χ1) is 12.5. The molecule has 26 heavy (non-hydrogen) atoms. The molecule has 0 aliphatic heterocycles. The first-order valence-corrected chi connectivity index (χ1v) is 8.96. The molecule has 0 spiro atoms. The van der Waals surface area contributed by atoms with Gasteiger partial charge in [0.05, 0.1) is 7.11 Å². The van der Waals surface area contributed by atoms with Gasteiger partial charge >= 0.3 is 0 Å². The molecule has 0 N–H and O–H groups in total. The first kappa shape index (κ1) is 18.6. The number of rotatable bonds is 5. The predicted molar refractivity (Wildman–Crippen MR) is 98.6 cm³/mol. The summed E-state index contributed by atoms with van der Waals surface area (Å²) >= 11 is 0. The maximum Gasteiger partial charge on any atom is 0.165 e. The topological polar surface area (TPSA) is 9.23 Å². The largest absolute Gasteiger partial charge is 0.494 e. The highest BCUT2D eigenvalue weighted by Gasteiger charge is 2.22. The van der Waals surface area contributed by atoms with Crippen molar-refractivity contribution < 1.29 is 17.9 Å². The number of halogens is 3. The Labute approximate surface area is 152 Å². The predicted octanol–water partition coefficient (Wildman–Crippen LogP) is 6.83. The van der Waals surface area contributed by atoms with Crippen LogP contribution in [0.2, 0.25) is 0 Å². The molecule has 0 saturated heterocycles. The molecule has 4 heteroatoms. The van der Waals surface area contributed by atoms with Gasteiger partial charge < -0.3 is 4.74 Å². The summed E-state index contributed by atoms with van der Waals surface area (Å²) in [5.41, 5.74) is 3.60. The molecule has 0 aromatic heterocycles. The second-order valence-corrected chi connectivity index (χ2v) is 6.89. The van der Waals surface area contributed by atoms with Crippen molar-refractivity contribution >= 4 is 5.57 Å². The number of hydrogen-bond acceptors (Lipinski definition) is 1. The monoisotopic (exact) mass is 360 g/mol. The van der Waals surface area contributed by atoms with Crippen LogP contribution in [0.25, 0.3) is 5.57 Å². The lowest BCUT2D eigenvalue weighted by Crippen LogP contribution is -2.05. The molecule has 0 saturated carbocycles. The first-order valence-electron chi connectivity index (χ1n) is 8.96. The molecular weight excluding hydrogens is 337 g/mol. The Bertz CT molecular complexity index is 815. The third kappa shape index (κ3) is 3.95. The van der Waals surface area contributed by atoms with E-state index in [1.807, 2.05) is 24.3 Å². The van der Waals surface area contributed by atoms with Gasteiger partial charge in [-0.2, -0.15) is 0 Å². The van der Waals surface area contributed by atoms with E-state index in [-0.39, 0.29) is 17.5 Å². The second-order valence-electron chi connectivity index (χ2n) is 6.89. The van der Waals surface area contributed by atoms with Crippen LogP contribution in [-0.4, -0.2) is 7.11 Å². The van der Waals surface area contributed by atoms with Gasteiger partial charge in [0, 0.05) is 5.92 Å². The molecule has 0 radical (unpaired) electrons. The van der Waals surface area contributed by atoms with Gasteiger partial charge in [-0.3, -0.25) is 0 Å². The lowest BCUT2D eigenvalue weighted by molar-refractivity contribution is 0.386. The average Bonchev–Trinajstić information content (AvgIpc) is 2.66. The summed E-state index contributed by atoms with van der Waals surface area (Å²) in [5.74, 6) is -1.79. The Morgan fingerprint density at radius 1 is 1.08 bits per heavy atom. The molecular formula is C22H23F3O. The molecule has 1 unspecified atom stereocenters. The van der Waals surface area contributed by atoms with Crippen molar-refractivity contribution in [1.29, 1.82) is 0 Å². The molecule has 138 valence electrons. The average molecular weight is 360 g/mol. The molecule has 2 aliphatic rings. The van der Waals surface area contributed by atoms with Crippen LogP contribution < -0.4 is 4.74 Å². The van der Waals surface area contributed by atoms with Crippen molar-refractivity contribution in [2.24, 2.45) is 5.92 Å². The van der Waals surface area contributed by atoms with Crippen LogP contribution in [0, 0.1) is 11.7 Å². The van der Waals surface area contributed by atoms with Gasteiger partial charge in [-0.05, 0) is 60.9 Å². The molecule has 1 atom stereocenters. The quantitative estimate of drug-likeness (QED) is 0.559. The van der Waals surface area contributed by atoms with E-state index >= 15 is 0 Å². The Morgan fingerprint density at radius 2 is 1.88 bits per heavy atom. The van der Waals surface area contributed by atoms with Crippen molar-refractivity contribution in [1.82, 2.24) is 0 Å². The van der Waals surface area contributed by atoms with Crippen molar-refractivity contribution in [3.63, 3.8) is 0 Å². The Morgan fingerprint density at radius 3 is 2.54 bits per heavy atom. The van der Waals surface area contributed by atoms with E-state index in [1.165, 1.54) is 18.7 Å². The zero-order valence-electron chi connectivity index (χ0n) is 15.1. The van der Waals surface area contributed by atoms with Crippen molar-refractivity contribution in [2.45, 2.75) is 39.0 Å². The van der Waals surface area contributed by atoms with Gasteiger partial charge in [0.1, 0.15) is 5.83 Å². The fraction of sp³-hybridized carbons (Fsp3) is 0.364. The highest BCUT2D eigenvalue weighted by Crippen LogP contribution is 2.36. The summed E-state index contributed by atoms with van der Waals surface area (Å²) < 4.78 is 46.5. The zero-order chi connectivity index (χ0) is 18.7. The van der Waals surface area contributed by atoms with Gasteiger partial charge in [0.15, 0.2) is 17.4 Å². The molecule has 0 bridgehead atoms. The molecule has 1 aromatic carbocycles. The van der Waals surface area contributed by atoms with Gasteiger partial charge in [-0.25, -0.2) is 13.2 Å². The Kier molecular flexibility index (Phi) is 5.70. The van der Waals surface area contributed by atoms with E-state index in [2.05, 4.69) is 0 Å². The third-order valence-electron chi connectivity index (χ3n) is 5.12. The molecule has 0 amide bonds. The molecule has 1 nitrogen and oxygen atoms in total. The SMILES string of the molecule is COc1ccc(C2=CC=C(CCC3=CCC(C)C(F)=C3F)CC2)cc1F. The maximum atomic E-state index is 14.0. The number of ether oxygens (including phenoxy) is 1. The van der Waals surface area contributed by atoms with Gasteiger partial charge in [0.2, 0.25) is 0 Å². The van der Waals surface area contributed by atoms with Crippen LogP contribution in [0.1, 0.15) is 44.6 Å². The lowest BCUT2D eigenvalue weighted by atomic mass is 9.88. The summed E-state index contributed by atoms with van der Waals surface area (Å²) in [5, 5.41) is 0. The van der Waals surface area contributed by atoms with Crippen LogP contribution >= 0.6 is 0 Å². The number of methoxy groups -OCH3 is 1. The minimum atomic E-state index is -0.676. The van der Waals surface area contributed by atoms with E-state index in [4.69, 9.17) is 4.74 Å². The van der Waals surface area contributed by atoms with Crippen LogP contribution in [-0.2, 0) is 0 Å². The normalized spacial score (nSPS) is 20.5. The second kappa shape index (κ2) is 7.98. The minimum Gasteiger partial charge on any atom is -0.494 e. The summed E-state index contributed by atoms with van der Waals surface area (Å²) in [4.78, 5) is 0. The van der Waals surface area contributed by atoms with Crippen LogP contribution in [0.4, 0.5) is 13.2 Å². The van der Waals surface area contributed by atoms with E-state index < -0.39 is 11.7 Å². The zero-order valence-corrected chi connectivity index (χ0v) is 15.1. The molecule has 0 fully saturated rings. The molecule has 2 aliphatic carbocycles. The lowest BCUT2D eigenvalue weighted by Gasteiger charge is -2.19. The highest BCUT2D eigenvalue weighted by molar-refractivity contribution is 5.69. The summed E-state index contributed by atoms with van der Waals surface area (Å²) in [7, 11) is 1.44. The molecule has 0 heterocycles. The third-order valence-corrected chi connectivity index (χ3v) is 5.12. The van der Waals surface area contributed by atoms with E-state index in [0.717, 1.165) is 24.0 Å². The summed E-state index contributed by atoms with van der Waals surface area (Å²) in [6.45, 7) is 1.69. The van der Waals surface area contributed by atoms with E-state index in [1.54, 1.807) is 13.0 Å². The van der Waals surface area contributed by atoms with Crippen LogP contribution in [0.15, 0.2) is 59.2 Å². The number of hydrogen-bond donors (Lipinski definition) is 0. The fourth-order valence-corrected chi connectivity index (χ4v) is 3.38. The van der Waals surface area contributed by atoms with Crippen LogP contribution in [0.3, 0.4) is 0 Å². The number of allylic oxidation sites excluding steroid dienone is 8. The van der Waals surface area contributed by atoms with Crippen molar-refractivity contribution in [2.75, 3.05) is 7.11 Å². The van der Waals surface area contributed by atoms with E-state index in [0.29, 0.717) is 24.8 Å². The van der Waals surface area contributed by atoms with Gasteiger partial charge in [-0.1, -0.05) is 36.8 Å². The maximum absolute atomic E-state index is 14.0. The smallest absolute Gasteiger partial charge is 0.165 e. The van der Waals surface area contributed by atoms with Crippen LogP contribution in [0.5, 0.6) is 5.75 Å². The Hall–Kier alpha value is -2.23. The fourth-order valence-electron chi connectivity index (χ4n) is 3.38. The van der Waals surface area contributed by atoms with Gasteiger partial charge in [-0.15, -0.1) is 0 Å². The standard InChI is InChI=1S/C22H23F3O/c1-14-3-7-17(22(25)21(14)24)10-6-15-4-8-16(9-5-15)18-11-12-20(26-2)19(23)13-18/h4,7-8,11-14H,3,5-6,9-10H2,1-2H3. The Balaban J connectivity index is 1.65. The molecule has 3 rings (SSSR count). The van der Waals surface area contributed by atoms with Crippen molar-refractivity contribution in [3.05, 3.63) is 70.6 Å². The minimum absolute atomic E-state index is 0.235. The van der Waals surface area contributed by atoms with E-state index in [9.17, 15) is 13.2 Å². The number of benzene rings is 1. The summed E-state index contributed by atoms with van der Waals surface area (Å²) in [6, 6.07) is 4.97. The summed E-state index contributed by atoms with van der Waals surface area (Å²) in [6.07, 6.45) is 9.25.